The van der Waals surface area contributed by atoms with Crippen molar-refractivity contribution in [1.82, 2.24) is 4.90 Å². The molecule has 0 N–H and O–H groups in total. The van der Waals surface area contributed by atoms with Crippen LogP contribution in [-0.2, 0) is 9.53 Å². The van der Waals surface area contributed by atoms with Crippen LogP contribution in [0.2, 0.25) is 0 Å². The van der Waals surface area contributed by atoms with Gasteiger partial charge in [0.1, 0.15) is 0 Å². The lowest BCUT2D eigenvalue weighted by atomic mass is 10.1. The number of morpholine rings is 1. The lowest BCUT2D eigenvalue weighted by Crippen LogP contribution is -2.50. The van der Waals surface area contributed by atoms with Crippen LogP contribution in [0.1, 0.15) is 20.3 Å². The molecule has 1 aliphatic rings. The van der Waals surface area contributed by atoms with Crippen LogP contribution in [0.25, 0.3) is 0 Å². The molecule has 1 fully saturated rings. The molecule has 1 aliphatic heterocycles. The predicted octanol–water partition coefficient (Wildman–Crippen LogP) is 1.76. The van der Waals surface area contributed by atoms with Gasteiger partial charge in [0.2, 0.25) is 0 Å². The number of ether oxygens (including phenoxy) is 1. The van der Waals surface area contributed by atoms with Gasteiger partial charge in [-0.15, -0.1) is 0 Å². The Morgan fingerprint density at radius 2 is 2.36 bits per heavy atom. The van der Waals surface area contributed by atoms with Crippen LogP contribution in [0.3, 0.4) is 0 Å². The number of hydrogen-bond acceptors (Lipinski definition) is 2. The van der Waals surface area contributed by atoms with E-state index in [-0.39, 0.29) is 23.1 Å². The molecule has 0 bridgehead atoms. The molecule has 0 spiro atoms. The fourth-order valence-electron chi connectivity index (χ4n) is 1.50. The average molecular weight is 218 g/mol. The number of nitrogens with zero attached hydrogens (tertiary/aromatic N) is 1. The first-order chi connectivity index (χ1) is 6.56. The predicted molar refractivity (Wildman–Crippen MR) is 56.2 cm³/mol. The van der Waals surface area contributed by atoms with E-state index in [1.807, 2.05) is 13.8 Å². The largest absolute Gasteiger partial charge is 0.374 e. The Morgan fingerprint density at radius 3 is 2.86 bits per heavy atom. The summed E-state index contributed by atoms with van der Waals surface area (Å²) in [6.07, 6.45) is 1.04. The molecule has 3 nitrogen and oxygen atoms in total. The summed E-state index contributed by atoms with van der Waals surface area (Å²) in [5.74, 6) is -0.180. The maximum Gasteiger partial charge on any atom is 0.265 e. The second kappa shape index (κ2) is 4.80. The van der Waals surface area contributed by atoms with Gasteiger partial charge in [-0.3, -0.25) is 4.79 Å². The van der Waals surface area contributed by atoms with Gasteiger partial charge in [-0.1, -0.05) is 25.1 Å². The van der Waals surface area contributed by atoms with Crippen LogP contribution in [0, 0.1) is 0 Å². The zero-order valence-corrected chi connectivity index (χ0v) is 9.38. The summed E-state index contributed by atoms with van der Waals surface area (Å²) in [7, 11) is 0. The number of hydrogen-bond donors (Lipinski definition) is 0. The Kier molecular flexibility index (Phi) is 3.96. The Morgan fingerprint density at radius 1 is 1.71 bits per heavy atom. The van der Waals surface area contributed by atoms with E-state index in [1.165, 1.54) is 0 Å². The van der Waals surface area contributed by atoms with Gasteiger partial charge >= 0.3 is 0 Å². The molecule has 0 radical (unpaired) electrons. The molecular formula is C10H16ClNO2. The van der Waals surface area contributed by atoms with Gasteiger partial charge < -0.3 is 9.64 Å². The highest BCUT2D eigenvalue weighted by Crippen LogP contribution is 2.17. The maximum atomic E-state index is 11.6. The topological polar surface area (TPSA) is 29.5 Å². The standard InChI is InChI=1S/C10H16ClNO2/c1-4-9-5-12(7(2)6-14-9)10(13)8(3)11/h7,9H,3-6H2,1-2H3. The van der Waals surface area contributed by atoms with Gasteiger partial charge in [-0.25, -0.2) is 0 Å². The summed E-state index contributed by atoms with van der Waals surface area (Å²) >= 11 is 5.59. The summed E-state index contributed by atoms with van der Waals surface area (Å²) in [6, 6.07) is 0.0841. The number of halogens is 1. The monoisotopic (exact) mass is 217 g/mol. The lowest BCUT2D eigenvalue weighted by Gasteiger charge is -2.37. The van der Waals surface area contributed by atoms with Crippen molar-refractivity contribution in [3.05, 3.63) is 11.6 Å². The van der Waals surface area contributed by atoms with Crippen molar-refractivity contribution in [1.29, 1.82) is 0 Å². The van der Waals surface area contributed by atoms with Crippen molar-refractivity contribution in [2.45, 2.75) is 32.4 Å². The average Bonchev–Trinajstić information content (AvgIpc) is 2.17. The van der Waals surface area contributed by atoms with Crippen molar-refractivity contribution in [3.8, 4) is 0 Å². The maximum absolute atomic E-state index is 11.6. The minimum Gasteiger partial charge on any atom is -0.374 e. The Labute approximate surface area is 89.7 Å². The fourth-order valence-corrected chi connectivity index (χ4v) is 1.61. The van der Waals surface area contributed by atoms with Crippen LogP contribution in [0.5, 0.6) is 0 Å². The molecule has 2 atom stereocenters. The summed E-state index contributed by atoms with van der Waals surface area (Å²) < 4.78 is 5.53. The zero-order chi connectivity index (χ0) is 10.7. The van der Waals surface area contributed by atoms with Gasteiger partial charge in [0, 0.05) is 6.54 Å². The molecule has 1 saturated heterocycles. The molecule has 2 unspecified atom stereocenters. The van der Waals surface area contributed by atoms with Crippen LogP contribution < -0.4 is 0 Å². The lowest BCUT2D eigenvalue weighted by molar-refractivity contribution is -0.139. The summed E-state index contributed by atoms with van der Waals surface area (Å²) in [6.45, 7) is 8.63. The van der Waals surface area contributed by atoms with Crippen molar-refractivity contribution >= 4 is 17.5 Å². The summed E-state index contributed by atoms with van der Waals surface area (Å²) in [5.41, 5.74) is 0. The van der Waals surface area contributed by atoms with E-state index < -0.39 is 0 Å². The molecule has 0 aromatic heterocycles. The second-order valence-electron chi connectivity index (χ2n) is 3.58. The summed E-state index contributed by atoms with van der Waals surface area (Å²) in [5, 5.41) is 0.0774. The number of rotatable bonds is 2. The normalized spacial score (nSPS) is 27.5. The first-order valence-electron chi connectivity index (χ1n) is 4.83. The smallest absolute Gasteiger partial charge is 0.265 e. The summed E-state index contributed by atoms with van der Waals surface area (Å²) in [4.78, 5) is 13.3. The van der Waals surface area contributed by atoms with Gasteiger partial charge in [0.25, 0.3) is 5.91 Å². The molecule has 4 heteroatoms. The molecule has 0 aliphatic carbocycles. The SMILES string of the molecule is C=C(Cl)C(=O)N1CC(CC)OCC1C. The first kappa shape index (κ1) is 11.5. The minimum atomic E-state index is -0.180. The molecule has 0 aromatic rings. The molecule has 0 saturated carbocycles. The van der Waals surface area contributed by atoms with E-state index >= 15 is 0 Å². The van der Waals surface area contributed by atoms with E-state index in [2.05, 4.69) is 6.58 Å². The Hall–Kier alpha value is -0.540. The van der Waals surface area contributed by atoms with Crippen molar-refractivity contribution in [3.63, 3.8) is 0 Å². The molecule has 1 heterocycles. The van der Waals surface area contributed by atoms with Crippen molar-refractivity contribution < 1.29 is 9.53 Å². The van der Waals surface area contributed by atoms with Gasteiger partial charge in [-0.05, 0) is 13.3 Å². The fraction of sp³-hybridized carbons (Fsp3) is 0.700. The van der Waals surface area contributed by atoms with Crippen molar-refractivity contribution in [2.75, 3.05) is 13.2 Å². The van der Waals surface area contributed by atoms with Gasteiger partial charge in [-0.2, -0.15) is 0 Å². The van der Waals surface area contributed by atoms with E-state index in [4.69, 9.17) is 16.3 Å². The minimum absolute atomic E-state index is 0.0774. The second-order valence-corrected chi connectivity index (χ2v) is 4.03. The quantitative estimate of drug-likeness (QED) is 0.660. The highest BCUT2D eigenvalue weighted by Gasteiger charge is 2.29. The van der Waals surface area contributed by atoms with Crippen molar-refractivity contribution in [2.24, 2.45) is 0 Å². The third-order valence-corrected chi connectivity index (χ3v) is 2.62. The van der Waals surface area contributed by atoms with Gasteiger partial charge in [0.15, 0.2) is 0 Å². The Balaban J connectivity index is 2.65. The van der Waals surface area contributed by atoms with E-state index in [9.17, 15) is 4.79 Å². The van der Waals surface area contributed by atoms with Crippen LogP contribution in [-0.4, -0.2) is 36.1 Å². The van der Waals surface area contributed by atoms with Crippen LogP contribution in [0.4, 0.5) is 0 Å². The number of carbonyl (C=O) groups excluding carboxylic acids is 1. The first-order valence-corrected chi connectivity index (χ1v) is 5.21. The highest BCUT2D eigenvalue weighted by atomic mass is 35.5. The third kappa shape index (κ3) is 2.49. The Bertz CT molecular complexity index is 242. The number of carbonyl (C=O) groups is 1. The molecule has 1 amide bonds. The highest BCUT2D eigenvalue weighted by molar-refractivity contribution is 6.41. The molecule has 1 rings (SSSR count). The van der Waals surface area contributed by atoms with Crippen LogP contribution >= 0.6 is 11.6 Å². The van der Waals surface area contributed by atoms with E-state index in [0.717, 1.165) is 6.42 Å². The van der Waals surface area contributed by atoms with E-state index in [0.29, 0.717) is 13.2 Å². The number of amides is 1. The molecule has 0 aromatic carbocycles. The van der Waals surface area contributed by atoms with Gasteiger partial charge in [0.05, 0.1) is 23.8 Å². The molecule has 80 valence electrons. The molecular weight excluding hydrogens is 202 g/mol. The zero-order valence-electron chi connectivity index (χ0n) is 8.62. The van der Waals surface area contributed by atoms with Crippen LogP contribution in [0.15, 0.2) is 11.6 Å². The third-order valence-electron chi connectivity index (χ3n) is 2.45. The van der Waals surface area contributed by atoms with E-state index in [1.54, 1.807) is 4.90 Å². The molecule has 14 heavy (non-hydrogen) atoms.